The quantitative estimate of drug-likeness (QED) is 0.266. The minimum atomic E-state index is -0.441. The maximum atomic E-state index is 13.3. The van der Waals surface area contributed by atoms with E-state index < -0.39 is 6.04 Å². The van der Waals surface area contributed by atoms with E-state index in [2.05, 4.69) is 52.7 Å². The number of H-pyrrole nitrogens is 1. The van der Waals surface area contributed by atoms with Gasteiger partial charge < -0.3 is 30.1 Å². The monoisotopic (exact) mass is 582 g/mol. The Morgan fingerprint density at radius 2 is 1.72 bits per heavy atom. The van der Waals surface area contributed by atoms with Gasteiger partial charge in [-0.2, -0.15) is 20.1 Å². The molecule has 2 aliphatic heterocycles. The van der Waals surface area contributed by atoms with Crippen LogP contribution in [0.4, 0.5) is 35.2 Å². The van der Waals surface area contributed by atoms with Crippen LogP contribution in [0.2, 0.25) is 0 Å². The summed E-state index contributed by atoms with van der Waals surface area (Å²) in [6.07, 6.45) is 8.53. The van der Waals surface area contributed by atoms with E-state index in [-0.39, 0.29) is 5.91 Å². The van der Waals surface area contributed by atoms with Gasteiger partial charge in [0.2, 0.25) is 23.8 Å². The lowest BCUT2D eigenvalue weighted by Gasteiger charge is -2.36. The number of rotatable bonds is 9. The summed E-state index contributed by atoms with van der Waals surface area (Å²) < 4.78 is 5.31. The molecule has 1 saturated carbocycles. The Morgan fingerprint density at radius 1 is 0.930 bits per heavy atom. The van der Waals surface area contributed by atoms with Crippen LogP contribution in [0.25, 0.3) is 0 Å². The molecule has 14 nitrogen and oxygen atoms in total. The van der Waals surface area contributed by atoms with Crippen molar-refractivity contribution in [2.45, 2.75) is 37.6 Å². The number of methoxy groups -OCH3 is 1. The number of aromatic nitrogens is 7. The molecule has 1 aromatic carbocycles. The molecule has 5 heterocycles. The SMILES string of the molecule is COc1ccc(N2CCN(c3nc(Nc4cc(C5CC5)[nH]n4)nc(N4CCC[C@H]4C(=O)Nc4cnccn4)n3)CC2)cc1. The fourth-order valence-corrected chi connectivity index (χ4v) is 5.61. The van der Waals surface area contributed by atoms with Crippen molar-refractivity contribution < 1.29 is 9.53 Å². The number of hydrogen-bond donors (Lipinski definition) is 3. The molecule has 3 aromatic heterocycles. The molecule has 4 aromatic rings. The maximum absolute atomic E-state index is 13.3. The zero-order valence-electron chi connectivity index (χ0n) is 24.0. The van der Waals surface area contributed by atoms with Crippen LogP contribution >= 0.6 is 0 Å². The number of hydrogen-bond acceptors (Lipinski definition) is 12. The molecule has 0 radical (unpaired) electrons. The summed E-state index contributed by atoms with van der Waals surface area (Å²) in [4.78, 5) is 42.5. The summed E-state index contributed by atoms with van der Waals surface area (Å²) in [5.74, 6) is 3.72. The van der Waals surface area contributed by atoms with Crippen LogP contribution in [0.5, 0.6) is 5.75 Å². The van der Waals surface area contributed by atoms with E-state index in [9.17, 15) is 4.79 Å². The standard InChI is InChI=1S/C29H34N12O2/c1-43-21-8-6-20(7-9-21)39-13-15-40(16-14-39)28-34-27(33-24-17-22(37-38-24)19-4-5-19)35-29(36-28)41-12-2-3-23(41)26(42)32-25-18-30-10-11-31-25/h6-11,17-19,23H,2-5,12-16H2,1H3,(H,31,32,42)(H2,33,34,35,36,37,38)/t23-/m0/s1. The predicted molar refractivity (Wildman–Crippen MR) is 162 cm³/mol. The first-order chi connectivity index (χ1) is 21.1. The van der Waals surface area contributed by atoms with Crippen molar-refractivity contribution in [1.82, 2.24) is 35.1 Å². The van der Waals surface area contributed by atoms with Gasteiger partial charge in [-0.15, -0.1) is 0 Å². The van der Waals surface area contributed by atoms with E-state index in [0.29, 0.717) is 48.4 Å². The van der Waals surface area contributed by atoms with Crippen LogP contribution in [0.1, 0.15) is 37.3 Å². The first-order valence-electron chi connectivity index (χ1n) is 14.7. The molecular weight excluding hydrogens is 548 g/mol. The van der Waals surface area contributed by atoms with E-state index in [1.165, 1.54) is 19.0 Å². The molecule has 0 bridgehead atoms. The third kappa shape index (κ3) is 5.98. The number of amides is 1. The fraction of sp³-hybridized carbons (Fsp3) is 0.414. The number of carbonyl (C=O) groups is 1. The number of piperazine rings is 1. The van der Waals surface area contributed by atoms with E-state index in [1.54, 1.807) is 19.5 Å². The maximum Gasteiger partial charge on any atom is 0.248 e. The summed E-state index contributed by atoms with van der Waals surface area (Å²) in [6.45, 7) is 3.75. The third-order valence-corrected chi connectivity index (χ3v) is 8.09. The summed E-state index contributed by atoms with van der Waals surface area (Å²) in [5.41, 5.74) is 2.27. The Kier molecular flexibility index (Phi) is 7.31. The highest BCUT2D eigenvalue weighted by atomic mass is 16.5. The van der Waals surface area contributed by atoms with Gasteiger partial charge in [0.05, 0.1) is 13.3 Å². The second-order valence-corrected chi connectivity index (χ2v) is 11.0. The summed E-state index contributed by atoms with van der Waals surface area (Å²) >= 11 is 0. The first kappa shape index (κ1) is 26.9. The Morgan fingerprint density at radius 3 is 2.47 bits per heavy atom. The minimum absolute atomic E-state index is 0.163. The molecule has 2 saturated heterocycles. The van der Waals surface area contributed by atoms with Crippen LogP contribution < -0.4 is 30.1 Å². The lowest BCUT2D eigenvalue weighted by molar-refractivity contribution is -0.117. The van der Waals surface area contributed by atoms with Crippen molar-refractivity contribution in [2.75, 3.05) is 65.2 Å². The van der Waals surface area contributed by atoms with Gasteiger partial charge in [-0.05, 0) is 49.9 Å². The van der Waals surface area contributed by atoms with Gasteiger partial charge in [-0.1, -0.05) is 0 Å². The van der Waals surface area contributed by atoms with Crippen molar-refractivity contribution in [3.05, 3.63) is 54.6 Å². The molecule has 1 amide bonds. The molecule has 1 aliphatic carbocycles. The normalized spacial score (nSPS) is 18.5. The summed E-state index contributed by atoms with van der Waals surface area (Å²) in [7, 11) is 1.67. The van der Waals surface area contributed by atoms with Gasteiger partial charge in [0.25, 0.3) is 0 Å². The average Bonchev–Trinajstić information content (AvgIpc) is 3.58. The molecule has 3 N–H and O–H groups in total. The summed E-state index contributed by atoms with van der Waals surface area (Å²) in [6, 6.07) is 9.70. The Balaban J connectivity index is 1.13. The molecule has 7 rings (SSSR count). The van der Waals surface area contributed by atoms with E-state index >= 15 is 0 Å². The topological polar surface area (TPSA) is 153 Å². The number of aromatic amines is 1. The Bertz CT molecular complexity index is 1550. The highest BCUT2D eigenvalue weighted by molar-refractivity contribution is 5.96. The van der Waals surface area contributed by atoms with Crippen molar-refractivity contribution >= 4 is 41.1 Å². The molecule has 222 valence electrons. The Hall–Kier alpha value is -5.01. The van der Waals surface area contributed by atoms with Gasteiger partial charge in [-0.3, -0.25) is 14.9 Å². The van der Waals surface area contributed by atoms with Crippen molar-refractivity contribution in [3.8, 4) is 5.75 Å². The second kappa shape index (κ2) is 11.7. The van der Waals surface area contributed by atoms with Crippen molar-refractivity contribution in [3.63, 3.8) is 0 Å². The third-order valence-electron chi connectivity index (χ3n) is 8.09. The predicted octanol–water partition coefficient (Wildman–Crippen LogP) is 2.95. The van der Waals surface area contributed by atoms with E-state index in [4.69, 9.17) is 19.7 Å². The highest BCUT2D eigenvalue weighted by Crippen LogP contribution is 2.39. The lowest BCUT2D eigenvalue weighted by atomic mass is 10.2. The number of ether oxygens (including phenoxy) is 1. The number of anilines is 6. The fourth-order valence-electron chi connectivity index (χ4n) is 5.61. The molecule has 0 spiro atoms. The van der Waals surface area contributed by atoms with Gasteiger partial charge in [0, 0.05) is 68.5 Å². The van der Waals surface area contributed by atoms with Gasteiger partial charge in [0.15, 0.2) is 11.6 Å². The first-order valence-corrected chi connectivity index (χ1v) is 14.7. The average molecular weight is 583 g/mol. The summed E-state index contributed by atoms with van der Waals surface area (Å²) in [5, 5.41) is 13.7. The van der Waals surface area contributed by atoms with Crippen LogP contribution in [0, 0.1) is 0 Å². The number of nitrogens with zero attached hydrogens (tertiary/aromatic N) is 9. The van der Waals surface area contributed by atoms with E-state index in [1.807, 2.05) is 23.1 Å². The van der Waals surface area contributed by atoms with Gasteiger partial charge >= 0.3 is 0 Å². The number of benzene rings is 1. The van der Waals surface area contributed by atoms with Crippen LogP contribution in [-0.2, 0) is 4.79 Å². The van der Waals surface area contributed by atoms with Crippen LogP contribution in [0.15, 0.2) is 48.9 Å². The molecule has 3 fully saturated rings. The smallest absolute Gasteiger partial charge is 0.248 e. The second-order valence-electron chi connectivity index (χ2n) is 11.0. The molecule has 14 heteroatoms. The minimum Gasteiger partial charge on any atom is -0.497 e. The zero-order valence-corrected chi connectivity index (χ0v) is 24.0. The molecule has 43 heavy (non-hydrogen) atoms. The zero-order chi connectivity index (χ0) is 29.2. The van der Waals surface area contributed by atoms with Crippen LogP contribution in [0.3, 0.4) is 0 Å². The molecular formula is C29H34N12O2. The number of nitrogens with one attached hydrogen (secondary N) is 3. The highest BCUT2D eigenvalue weighted by Gasteiger charge is 2.34. The van der Waals surface area contributed by atoms with Crippen molar-refractivity contribution in [1.29, 1.82) is 0 Å². The van der Waals surface area contributed by atoms with Crippen LogP contribution in [-0.4, -0.2) is 86.9 Å². The van der Waals surface area contributed by atoms with Gasteiger partial charge in [0.1, 0.15) is 11.8 Å². The van der Waals surface area contributed by atoms with Gasteiger partial charge in [-0.25, -0.2) is 4.98 Å². The number of carbonyl (C=O) groups excluding carboxylic acids is 1. The Labute approximate surface area is 248 Å². The van der Waals surface area contributed by atoms with E-state index in [0.717, 1.165) is 49.7 Å². The van der Waals surface area contributed by atoms with Crippen molar-refractivity contribution in [2.24, 2.45) is 0 Å². The molecule has 1 atom stereocenters. The molecule has 0 unspecified atom stereocenters. The molecule has 3 aliphatic rings. The lowest BCUT2D eigenvalue weighted by Crippen LogP contribution is -2.47. The largest absolute Gasteiger partial charge is 0.497 e.